The van der Waals surface area contributed by atoms with Crippen LogP contribution >= 0.6 is 0 Å². The fraction of sp³-hybridized carbons (Fsp3) is 0.278. The van der Waals surface area contributed by atoms with Gasteiger partial charge >= 0.3 is 0 Å². The summed E-state index contributed by atoms with van der Waals surface area (Å²) in [6.45, 7) is 1.25. The summed E-state index contributed by atoms with van der Waals surface area (Å²) in [7, 11) is 0. The van der Waals surface area contributed by atoms with Crippen LogP contribution in [0.1, 0.15) is 40.9 Å². The summed E-state index contributed by atoms with van der Waals surface area (Å²) in [5.41, 5.74) is 0.937. The van der Waals surface area contributed by atoms with Crippen LogP contribution in [-0.4, -0.2) is 32.1 Å². The zero-order chi connectivity index (χ0) is 16.4. The number of hydrogen-bond donors (Lipinski definition) is 0. The Hall–Kier alpha value is -2.89. The van der Waals surface area contributed by atoms with E-state index in [1.807, 2.05) is 41.4 Å². The number of hydrogen-bond acceptors (Lipinski definition) is 4. The predicted molar refractivity (Wildman–Crippen MR) is 87.3 cm³/mol. The van der Waals surface area contributed by atoms with Gasteiger partial charge in [-0.3, -0.25) is 14.5 Å². The number of likely N-dealkylation sites (tertiary alicyclic amines) is 1. The first kappa shape index (κ1) is 14.7. The van der Waals surface area contributed by atoms with Crippen LogP contribution in [0.15, 0.2) is 59.4 Å². The minimum Gasteiger partial charge on any atom is -0.454 e. The Balaban J connectivity index is 1.52. The molecule has 0 aliphatic carbocycles. The molecule has 3 aromatic heterocycles. The number of pyridine rings is 1. The highest BCUT2D eigenvalue weighted by Crippen LogP contribution is 2.32. The van der Waals surface area contributed by atoms with Crippen molar-refractivity contribution >= 4 is 5.91 Å². The number of carbonyl (C=O) groups is 1. The molecule has 3 aromatic rings. The molecule has 0 radical (unpaired) electrons. The molecule has 1 aliphatic rings. The van der Waals surface area contributed by atoms with Gasteiger partial charge < -0.3 is 9.32 Å². The van der Waals surface area contributed by atoms with Crippen molar-refractivity contribution < 1.29 is 9.21 Å². The van der Waals surface area contributed by atoms with Gasteiger partial charge in [0.15, 0.2) is 5.76 Å². The second-order valence-corrected chi connectivity index (χ2v) is 5.88. The monoisotopic (exact) mass is 322 g/mol. The van der Waals surface area contributed by atoms with E-state index in [9.17, 15) is 4.79 Å². The van der Waals surface area contributed by atoms with Crippen LogP contribution in [0.2, 0.25) is 0 Å². The summed E-state index contributed by atoms with van der Waals surface area (Å²) in [5.74, 6) is 1.02. The van der Waals surface area contributed by atoms with E-state index in [0.717, 1.165) is 30.8 Å². The first-order valence-electron chi connectivity index (χ1n) is 8.09. The van der Waals surface area contributed by atoms with Crippen LogP contribution in [0.4, 0.5) is 0 Å². The Morgan fingerprint density at radius 1 is 1.21 bits per heavy atom. The van der Waals surface area contributed by atoms with Gasteiger partial charge in [-0.15, -0.1) is 0 Å². The quantitative estimate of drug-likeness (QED) is 0.741. The molecular formula is C18H18N4O2. The van der Waals surface area contributed by atoms with E-state index in [4.69, 9.17) is 4.42 Å². The number of rotatable bonds is 4. The summed E-state index contributed by atoms with van der Waals surface area (Å²) in [6.07, 6.45) is 7.26. The number of carbonyl (C=O) groups excluding carboxylic acids is 1. The molecule has 1 aliphatic heterocycles. The van der Waals surface area contributed by atoms with Crippen molar-refractivity contribution in [3.05, 3.63) is 72.2 Å². The number of nitrogens with zero attached hydrogens (tertiary/aromatic N) is 4. The molecule has 4 rings (SSSR count). The minimum absolute atomic E-state index is 0.0263. The van der Waals surface area contributed by atoms with E-state index in [1.54, 1.807) is 23.1 Å². The normalized spacial score (nSPS) is 17.3. The first-order chi connectivity index (χ1) is 11.8. The predicted octanol–water partition coefficient (Wildman–Crippen LogP) is 2.90. The van der Waals surface area contributed by atoms with Gasteiger partial charge in [-0.25, -0.2) is 0 Å². The Kier molecular flexibility index (Phi) is 3.86. The van der Waals surface area contributed by atoms with Gasteiger partial charge in [-0.2, -0.15) is 5.10 Å². The molecule has 0 aromatic carbocycles. The lowest BCUT2D eigenvalue weighted by Gasteiger charge is -2.23. The molecule has 1 atom stereocenters. The zero-order valence-electron chi connectivity index (χ0n) is 13.2. The third-order valence-electron chi connectivity index (χ3n) is 4.29. The average molecular weight is 322 g/mol. The van der Waals surface area contributed by atoms with E-state index in [2.05, 4.69) is 10.1 Å². The summed E-state index contributed by atoms with van der Waals surface area (Å²) in [5, 5.41) is 4.15. The summed E-state index contributed by atoms with van der Waals surface area (Å²) < 4.78 is 7.51. The maximum atomic E-state index is 12.8. The Morgan fingerprint density at radius 3 is 2.96 bits per heavy atom. The molecule has 0 bridgehead atoms. The van der Waals surface area contributed by atoms with E-state index in [0.29, 0.717) is 12.3 Å². The molecular weight excluding hydrogens is 304 g/mol. The van der Waals surface area contributed by atoms with Crippen LogP contribution < -0.4 is 0 Å². The second-order valence-electron chi connectivity index (χ2n) is 5.88. The first-order valence-corrected chi connectivity index (χ1v) is 8.09. The molecule has 6 nitrogen and oxygen atoms in total. The fourth-order valence-electron chi connectivity index (χ4n) is 3.16. The lowest BCUT2D eigenvalue weighted by molar-refractivity contribution is 0.0698. The van der Waals surface area contributed by atoms with Crippen molar-refractivity contribution in [3.63, 3.8) is 0 Å². The van der Waals surface area contributed by atoms with Crippen molar-refractivity contribution in [1.82, 2.24) is 19.7 Å². The Morgan fingerprint density at radius 2 is 2.17 bits per heavy atom. The van der Waals surface area contributed by atoms with Gasteiger partial charge in [-0.1, -0.05) is 6.07 Å². The molecule has 4 heterocycles. The van der Waals surface area contributed by atoms with E-state index < -0.39 is 0 Å². The summed E-state index contributed by atoms with van der Waals surface area (Å²) in [6, 6.07) is 11.3. The Labute approximate surface area is 139 Å². The minimum atomic E-state index is -0.0742. The molecule has 0 spiro atoms. The van der Waals surface area contributed by atoms with Gasteiger partial charge in [0.1, 0.15) is 5.76 Å². The average Bonchev–Trinajstić information content (AvgIpc) is 3.37. The van der Waals surface area contributed by atoms with Gasteiger partial charge in [0.05, 0.1) is 18.3 Å². The molecule has 6 heteroatoms. The SMILES string of the molecule is O=C(c1ccc(Cn2cccn2)o1)N1CCC[C@@H]1c1ccccn1. The highest BCUT2D eigenvalue weighted by Gasteiger charge is 2.32. The number of furan rings is 1. The standard InChI is InChI=1S/C18H18N4O2/c23-18(17-8-7-14(24-17)13-21-11-4-10-20-21)22-12-3-6-16(22)15-5-1-2-9-19-15/h1-2,4-5,7-11,16H,3,6,12-13H2/t16-/m1/s1. The van der Waals surface area contributed by atoms with Gasteiger partial charge in [0, 0.05) is 25.1 Å². The van der Waals surface area contributed by atoms with Crippen LogP contribution in [0.5, 0.6) is 0 Å². The molecule has 0 saturated carbocycles. The summed E-state index contributed by atoms with van der Waals surface area (Å²) in [4.78, 5) is 19.1. The summed E-state index contributed by atoms with van der Waals surface area (Å²) >= 11 is 0. The topological polar surface area (TPSA) is 64.2 Å². The molecule has 24 heavy (non-hydrogen) atoms. The van der Waals surface area contributed by atoms with Crippen molar-refractivity contribution in [3.8, 4) is 0 Å². The maximum absolute atomic E-state index is 12.8. The van der Waals surface area contributed by atoms with Crippen molar-refractivity contribution in [1.29, 1.82) is 0 Å². The highest BCUT2D eigenvalue weighted by atomic mass is 16.4. The van der Waals surface area contributed by atoms with Crippen LogP contribution in [0, 0.1) is 0 Å². The molecule has 0 unspecified atom stereocenters. The van der Waals surface area contributed by atoms with Gasteiger partial charge in [0.25, 0.3) is 5.91 Å². The van der Waals surface area contributed by atoms with E-state index >= 15 is 0 Å². The fourth-order valence-corrected chi connectivity index (χ4v) is 3.16. The van der Waals surface area contributed by atoms with Crippen molar-refractivity contribution in [2.75, 3.05) is 6.54 Å². The van der Waals surface area contributed by atoms with Crippen molar-refractivity contribution in [2.45, 2.75) is 25.4 Å². The molecule has 122 valence electrons. The molecule has 1 saturated heterocycles. The van der Waals surface area contributed by atoms with E-state index in [1.165, 1.54) is 0 Å². The largest absolute Gasteiger partial charge is 0.454 e. The van der Waals surface area contributed by atoms with Crippen LogP contribution in [-0.2, 0) is 6.54 Å². The smallest absolute Gasteiger partial charge is 0.290 e. The Bertz CT molecular complexity index is 811. The van der Waals surface area contributed by atoms with Gasteiger partial charge in [-0.05, 0) is 43.2 Å². The van der Waals surface area contributed by atoms with Gasteiger partial charge in [0.2, 0.25) is 0 Å². The third-order valence-corrected chi connectivity index (χ3v) is 4.29. The molecule has 0 N–H and O–H groups in total. The van der Waals surface area contributed by atoms with Crippen LogP contribution in [0.3, 0.4) is 0 Å². The number of aromatic nitrogens is 3. The van der Waals surface area contributed by atoms with E-state index in [-0.39, 0.29) is 11.9 Å². The zero-order valence-corrected chi connectivity index (χ0v) is 13.2. The van der Waals surface area contributed by atoms with Crippen molar-refractivity contribution in [2.24, 2.45) is 0 Å². The molecule has 1 amide bonds. The second kappa shape index (κ2) is 6.31. The lowest BCUT2D eigenvalue weighted by Crippen LogP contribution is -2.30. The lowest BCUT2D eigenvalue weighted by atomic mass is 10.1. The highest BCUT2D eigenvalue weighted by molar-refractivity contribution is 5.92. The molecule has 1 fully saturated rings. The maximum Gasteiger partial charge on any atom is 0.290 e. The van der Waals surface area contributed by atoms with Crippen LogP contribution in [0.25, 0.3) is 0 Å². The number of amides is 1. The third kappa shape index (κ3) is 2.82.